The van der Waals surface area contributed by atoms with Gasteiger partial charge in [0.1, 0.15) is 0 Å². The molecule has 1 aliphatic heterocycles. The van der Waals surface area contributed by atoms with Gasteiger partial charge in [0.15, 0.2) is 5.82 Å². The minimum atomic E-state index is -0.571. The molecular weight excluding hydrogens is 388 g/mol. The molecule has 0 saturated carbocycles. The molecule has 0 fully saturated rings. The molecule has 1 aromatic heterocycles. The number of fused-ring (bicyclic) bond motifs is 1. The summed E-state index contributed by atoms with van der Waals surface area (Å²) in [7, 11) is 1.80. The fourth-order valence-electron chi connectivity index (χ4n) is 3.75. The van der Waals surface area contributed by atoms with E-state index >= 15 is 0 Å². The third-order valence-corrected chi connectivity index (χ3v) is 5.91. The van der Waals surface area contributed by atoms with Gasteiger partial charge in [0.25, 0.3) is 5.91 Å². The number of hydrogen-bond donors (Lipinski definition) is 0. The highest BCUT2D eigenvalue weighted by atomic mass is 35.5. The Morgan fingerprint density at radius 2 is 2.03 bits per heavy atom. The predicted molar refractivity (Wildman–Crippen MR) is 114 cm³/mol. The van der Waals surface area contributed by atoms with Crippen molar-refractivity contribution in [1.82, 2.24) is 14.9 Å². The van der Waals surface area contributed by atoms with Gasteiger partial charge in [0.2, 0.25) is 5.91 Å². The molecular formula is C22H27ClN4O2. The summed E-state index contributed by atoms with van der Waals surface area (Å²) < 4.78 is 0. The van der Waals surface area contributed by atoms with Gasteiger partial charge in [-0.3, -0.25) is 19.5 Å². The topological polar surface area (TPSA) is 66.4 Å². The van der Waals surface area contributed by atoms with Crippen LogP contribution in [0.5, 0.6) is 0 Å². The normalized spacial score (nSPS) is 15.9. The first-order valence-corrected chi connectivity index (χ1v) is 10.2. The highest BCUT2D eigenvalue weighted by Crippen LogP contribution is 2.42. The van der Waals surface area contributed by atoms with Crippen molar-refractivity contribution in [2.45, 2.75) is 52.0 Å². The number of amides is 2. The van der Waals surface area contributed by atoms with Crippen molar-refractivity contribution in [3.05, 3.63) is 52.4 Å². The Kier molecular flexibility index (Phi) is 5.94. The first kappa shape index (κ1) is 21.2. The van der Waals surface area contributed by atoms with Crippen molar-refractivity contribution in [2.24, 2.45) is 0 Å². The molecule has 6 nitrogen and oxygen atoms in total. The van der Waals surface area contributed by atoms with E-state index < -0.39 is 5.54 Å². The summed E-state index contributed by atoms with van der Waals surface area (Å²) in [6.07, 6.45) is 5.14. The van der Waals surface area contributed by atoms with E-state index in [9.17, 15) is 9.59 Å². The molecule has 0 aliphatic carbocycles. The Hall–Kier alpha value is -2.47. The number of hydrogen-bond acceptors (Lipinski definition) is 4. The van der Waals surface area contributed by atoms with Crippen molar-refractivity contribution in [3.8, 4) is 0 Å². The molecule has 29 heavy (non-hydrogen) atoms. The second-order valence-electron chi connectivity index (χ2n) is 8.18. The zero-order chi connectivity index (χ0) is 21.3. The fraction of sp³-hybridized carbons (Fsp3) is 0.455. The van der Waals surface area contributed by atoms with E-state index in [1.54, 1.807) is 48.3 Å². The summed E-state index contributed by atoms with van der Waals surface area (Å²) in [6.45, 7) is 8.34. The first-order chi connectivity index (χ1) is 13.6. The number of rotatable bonds is 6. The standard InChI is InChI=1S/C22H27ClN4O2/c1-14(7-6-10-26(5)15(2)28)19-12-24-13-20(25-19)27-21(29)17-9-8-16(23)11-18(17)22(27,3)4/h8-9,11-14H,6-7,10H2,1-5H3. The van der Waals surface area contributed by atoms with E-state index in [1.165, 1.54) is 0 Å². The second kappa shape index (κ2) is 8.11. The maximum absolute atomic E-state index is 13.1. The van der Waals surface area contributed by atoms with Gasteiger partial charge in [-0.05, 0) is 50.5 Å². The summed E-state index contributed by atoms with van der Waals surface area (Å²) in [5.41, 5.74) is 1.80. The molecule has 0 spiro atoms. The lowest BCUT2D eigenvalue weighted by molar-refractivity contribution is -0.127. The maximum atomic E-state index is 13.1. The molecule has 154 valence electrons. The summed E-state index contributed by atoms with van der Waals surface area (Å²) >= 11 is 6.17. The lowest BCUT2D eigenvalue weighted by Gasteiger charge is -2.31. The van der Waals surface area contributed by atoms with E-state index in [4.69, 9.17) is 16.6 Å². The molecule has 2 heterocycles. The number of aromatic nitrogens is 2. The zero-order valence-corrected chi connectivity index (χ0v) is 18.3. The predicted octanol–water partition coefficient (Wildman–Crippen LogP) is 4.39. The van der Waals surface area contributed by atoms with Crippen LogP contribution in [0.1, 0.15) is 68.1 Å². The van der Waals surface area contributed by atoms with Gasteiger partial charge in [-0.15, -0.1) is 0 Å². The second-order valence-corrected chi connectivity index (χ2v) is 8.61. The molecule has 1 aliphatic rings. The summed E-state index contributed by atoms with van der Waals surface area (Å²) in [5.74, 6) is 0.677. The lowest BCUT2D eigenvalue weighted by atomic mass is 9.94. The number of nitrogens with zero attached hydrogens (tertiary/aromatic N) is 4. The Bertz CT molecular complexity index is 944. The smallest absolute Gasteiger partial charge is 0.260 e. The Morgan fingerprint density at radius 1 is 1.31 bits per heavy atom. The fourth-order valence-corrected chi connectivity index (χ4v) is 3.92. The van der Waals surface area contributed by atoms with Crippen molar-refractivity contribution >= 4 is 29.2 Å². The van der Waals surface area contributed by atoms with E-state index in [2.05, 4.69) is 11.9 Å². The van der Waals surface area contributed by atoms with Crippen LogP contribution in [0, 0.1) is 0 Å². The maximum Gasteiger partial charge on any atom is 0.260 e. The monoisotopic (exact) mass is 414 g/mol. The third kappa shape index (κ3) is 4.13. The van der Waals surface area contributed by atoms with Crippen molar-refractivity contribution < 1.29 is 9.59 Å². The number of halogens is 1. The summed E-state index contributed by atoms with van der Waals surface area (Å²) in [5, 5.41) is 0.607. The quantitative estimate of drug-likeness (QED) is 0.703. The molecule has 1 aromatic carbocycles. The first-order valence-electron chi connectivity index (χ1n) is 9.81. The Balaban J connectivity index is 1.81. The van der Waals surface area contributed by atoms with E-state index in [-0.39, 0.29) is 17.7 Å². The molecule has 0 N–H and O–H groups in total. The number of anilines is 1. The van der Waals surface area contributed by atoms with Crippen LogP contribution in [0.15, 0.2) is 30.6 Å². The number of benzene rings is 1. The number of carbonyl (C=O) groups is 2. The minimum absolute atomic E-state index is 0.0638. The Morgan fingerprint density at radius 3 is 2.72 bits per heavy atom. The van der Waals surface area contributed by atoms with Crippen LogP contribution in [0.4, 0.5) is 5.82 Å². The third-order valence-electron chi connectivity index (χ3n) is 5.68. The van der Waals surface area contributed by atoms with Crippen LogP contribution >= 0.6 is 11.6 Å². The SMILES string of the molecule is CC(=O)N(C)CCCC(C)c1cncc(N2C(=O)c3ccc(Cl)cc3C2(C)C)n1. The van der Waals surface area contributed by atoms with Crippen LogP contribution in [0.25, 0.3) is 0 Å². The average Bonchev–Trinajstić information content (AvgIpc) is 2.86. The molecule has 7 heteroatoms. The van der Waals surface area contributed by atoms with Crippen LogP contribution < -0.4 is 4.90 Å². The van der Waals surface area contributed by atoms with Crippen molar-refractivity contribution in [1.29, 1.82) is 0 Å². The Labute approximate surface area is 176 Å². The largest absolute Gasteiger partial charge is 0.346 e. The van der Waals surface area contributed by atoms with E-state index in [0.717, 1.165) is 24.1 Å². The van der Waals surface area contributed by atoms with Gasteiger partial charge >= 0.3 is 0 Å². The molecule has 3 rings (SSSR count). The molecule has 1 unspecified atom stereocenters. The van der Waals surface area contributed by atoms with Crippen molar-refractivity contribution in [2.75, 3.05) is 18.5 Å². The van der Waals surface area contributed by atoms with E-state index in [1.807, 2.05) is 19.9 Å². The van der Waals surface area contributed by atoms with E-state index in [0.29, 0.717) is 22.9 Å². The van der Waals surface area contributed by atoms with Crippen LogP contribution in [0.3, 0.4) is 0 Å². The van der Waals surface area contributed by atoms with Gasteiger partial charge in [0.05, 0.1) is 17.4 Å². The molecule has 2 amide bonds. The molecule has 0 saturated heterocycles. The van der Waals surface area contributed by atoms with Gasteiger partial charge in [0, 0.05) is 43.2 Å². The van der Waals surface area contributed by atoms with Gasteiger partial charge in [-0.1, -0.05) is 18.5 Å². The minimum Gasteiger partial charge on any atom is -0.346 e. The van der Waals surface area contributed by atoms with Crippen LogP contribution in [-0.4, -0.2) is 40.3 Å². The summed E-state index contributed by atoms with van der Waals surface area (Å²) in [6, 6.07) is 5.35. The lowest BCUT2D eigenvalue weighted by Crippen LogP contribution is -2.40. The van der Waals surface area contributed by atoms with Gasteiger partial charge < -0.3 is 4.90 Å². The van der Waals surface area contributed by atoms with Crippen LogP contribution in [0.2, 0.25) is 5.02 Å². The van der Waals surface area contributed by atoms with Crippen molar-refractivity contribution in [3.63, 3.8) is 0 Å². The highest BCUT2D eigenvalue weighted by molar-refractivity contribution is 6.31. The molecule has 2 aromatic rings. The number of carbonyl (C=O) groups excluding carboxylic acids is 2. The molecule has 0 bridgehead atoms. The van der Waals surface area contributed by atoms with Gasteiger partial charge in [-0.2, -0.15) is 0 Å². The van der Waals surface area contributed by atoms with Gasteiger partial charge in [-0.25, -0.2) is 4.98 Å². The highest BCUT2D eigenvalue weighted by Gasteiger charge is 2.44. The van der Waals surface area contributed by atoms with Crippen LogP contribution in [-0.2, 0) is 10.3 Å². The summed E-state index contributed by atoms with van der Waals surface area (Å²) in [4.78, 5) is 37.0. The average molecular weight is 415 g/mol. The zero-order valence-electron chi connectivity index (χ0n) is 17.6. The molecule has 0 radical (unpaired) electrons. The molecule has 1 atom stereocenters.